The fourth-order valence-electron chi connectivity index (χ4n) is 1.97. The van der Waals surface area contributed by atoms with Crippen LogP contribution in [0.4, 0.5) is 0 Å². The molecule has 16 heavy (non-hydrogen) atoms. The van der Waals surface area contributed by atoms with E-state index in [-0.39, 0.29) is 0 Å². The average molecular weight is 239 g/mol. The normalized spacial score (nSPS) is 11.7. The summed E-state index contributed by atoms with van der Waals surface area (Å²) in [4.78, 5) is 1.58. The second-order valence-electron chi connectivity index (χ2n) is 5.14. The molecule has 0 aromatic carbocycles. The van der Waals surface area contributed by atoms with Crippen LogP contribution in [-0.2, 0) is 13.0 Å². The van der Waals surface area contributed by atoms with E-state index in [1.165, 1.54) is 12.0 Å². The second kappa shape index (κ2) is 6.41. The Bertz CT molecular complexity index is 313. The predicted octanol–water partition coefficient (Wildman–Crippen LogP) is 4.18. The number of rotatable bonds is 6. The fraction of sp³-hybridized carbons (Fsp3) is 0.714. The molecule has 0 saturated carbocycles. The molecule has 1 N–H and O–H groups in total. The van der Waals surface area contributed by atoms with E-state index in [1.807, 2.05) is 11.3 Å². The van der Waals surface area contributed by atoms with E-state index in [4.69, 9.17) is 0 Å². The van der Waals surface area contributed by atoms with Crippen molar-refractivity contribution in [2.75, 3.05) is 6.54 Å². The van der Waals surface area contributed by atoms with Gasteiger partial charge in [0.15, 0.2) is 0 Å². The van der Waals surface area contributed by atoms with Crippen molar-refractivity contribution in [3.63, 3.8) is 0 Å². The van der Waals surface area contributed by atoms with E-state index < -0.39 is 0 Å². The van der Waals surface area contributed by atoms with Crippen LogP contribution in [-0.4, -0.2) is 6.54 Å². The third-order valence-corrected chi connectivity index (χ3v) is 4.09. The number of thiophene rings is 1. The molecular weight excluding hydrogens is 214 g/mol. The Kier molecular flexibility index (Phi) is 5.50. The summed E-state index contributed by atoms with van der Waals surface area (Å²) in [7, 11) is 0. The van der Waals surface area contributed by atoms with Crippen LogP contribution in [0.2, 0.25) is 0 Å². The summed E-state index contributed by atoms with van der Waals surface area (Å²) in [6.45, 7) is 13.4. The van der Waals surface area contributed by atoms with Gasteiger partial charge < -0.3 is 5.32 Å². The van der Waals surface area contributed by atoms with E-state index in [1.54, 1.807) is 10.4 Å². The molecule has 0 amide bonds. The van der Waals surface area contributed by atoms with Gasteiger partial charge in [0.05, 0.1) is 0 Å². The van der Waals surface area contributed by atoms with Crippen molar-refractivity contribution < 1.29 is 0 Å². The lowest BCUT2D eigenvalue weighted by Crippen LogP contribution is -2.13. The summed E-state index contributed by atoms with van der Waals surface area (Å²) in [5, 5.41) is 5.78. The van der Waals surface area contributed by atoms with Crippen molar-refractivity contribution in [3.05, 3.63) is 21.4 Å². The summed E-state index contributed by atoms with van der Waals surface area (Å²) in [6, 6.07) is 0. The smallest absolute Gasteiger partial charge is 0.0216 e. The van der Waals surface area contributed by atoms with E-state index in [9.17, 15) is 0 Å². The minimum atomic E-state index is 0.661. The molecule has 1 heterocycles. The Morgan fingerprint density at radius 1 is 1.25 bits per heavy atom. The molecule has 1 aromatic heterocycles. The molecular formula is C14H25NS. The minimum absolute atomic E-state index is 0.661. The van der Waals surface area contributed by atoms with Crippen LogP contribution in [0.1, 0.15) is 56.5 Å². The van der Waals surface area contributed by atoms with Crippen molar-refractivity contribution in [2.24, 2.45) is 5.92 Å². The van der Waals surface area contributed by atoms with Crippen LogP contribution in [0, 0.1) is 5.92 Å². The summed E-state index contributed by atoms with van der Waals surface area (Å²) in [6.07, 6.45) is 1.22. The SMILES string of the molecule is CCNCc1csc(C(C)C)c1CC(C)C. The molecule has 1 rings (SSSR count). The highest BCUT2D eigenvalue weighted by Gasteiger charge is 2.14. The third-order valence-electron chi connectivity index (χ3n) is 2.72. The molecule has 2 heteroatoms. The molecule has 0 aliphatic carbocycles. The standard InChI is InChI=1S/C14H25NS/c1-6-15-8-12-9-16-14(11(4)5)13(12)7-10(2)3/h9-11,15H,6-8H2,1-5H3. The Morgan fingerprint density at radius 3 is 2.44 bits per heavy atom. The highest BCUT2D eigenvalue weighted by atomic mass is 32.1. The van der Waals surface area contributed by atoms with Crippen molar-refractivity contribution in [1.29, 1.82) is 0 Å². The van der Waals surface area contributed by atoms with Crippen molar-refractivity contribution in [2.45, 2.75) is 53.5 Å². The van der Waals surface area contributed by atoms with Gasteiger partial charge in [0.2, 0.25) is 0 Å². The van der Waals surface area contributed by atoms with Gasteiger partial charge in [0, 0.05) is 11.4 Å². The zero-order valence-corrected chi connectivity index (χ0v) is 12.1. The summed E-state index contributed by atoms with van der Waals surface area (Å²) in [5.41, 5.74) is 3.13. The van der Waals surface area contributed by atoms with E-state index in [0.717, 1.165) is 19.0 Å². The molecule has 1 aromatic rings. The summed E-state index contributed by atoms with van der Waals surface area (Å²) in [5.74, 6) is 1.40. The van der Waals surface area contributed by atoms with Gasteiger partial charge in [-0.05, 0) is 41.3 Å². The van der Waals surface area contributed by atoms with Gasteiger partial charge in [-0.15, -0.1) is 11.3 Å². The largest absolute Gasteiger partial charge is 0.313 e. The maximum atomic E-state index is 3.44. The lowest BCUT2D eigenvalue weighted by Gasteiger charge is -2.12. The third kappa shape index (κ3) is 3.60. The Balaban J connectivity index is 2.90. The average Bonchev–Trinajstić information content (AvgIpc) is 2.57. The van der Waals surface area contributed by atoms with E-state index in [0.29, 0.717) is 5.92 Å². The van der Waals surface area contributed by atoms with Crippen LogP contribution in [0.5, 0.6) is 0 Å². The topological polar surface area (TPSA) is 12.0 Å². The molecule has 0 fully saturated rings. The van der Waals surface area contributed by atoms with Crippen molar-refractivity contribution in [3.8, 4) is 0 Å². The molecule has 92 valence electrons. The quantitative estimate of drug-likeness (QED) is 0.785. The highest BCUT2D eigenvalue weighted by molar-refractivity contribution is 7.10. The van der Waals surface area contributed by atoms with Gasteiger partial charge in [0.1, 0.15) is 0 Å². The molecule has 0 saturated heterocycles. The molecule has 0 aliphatic rings. The molecule has 0 spiro atoms. The van der Waals surface area contributed by atoms with Gasteiger partial charge in [-0.3, -0.25) is 0 Å². The summed E-state index contributed by atoms with van der Waals surface area (Å²) < 4.78 is 0. The zero-order chi connectivity index (χ0) is 12.1. The van der Waals surface area contributed by atoms with E-state index >= 15 is 0 Å². The Hall–Kier alpha value is -0.340. The first-order valence-electron chi connectivity index (χ1n) is 6.36. The predicted molar refractivity (Wildman–Crippen MR) is 74.3 cm³/mol. The number of hydrogen-bond acceptors (Lipinski definition) is 2. The molecule has 0 atom stereocenters. The van der Waals surface area contributed by atoms with Crippen LogP contribution in [0.15, 0.2) is 5.38 Å². The van der Waals surface area contributed by atoms with Gasteiger partial charge in [-0.2, -0.15) is 0 Å². The van der Waals surface area contributed by atoms with Crippen molar-refractivity contribution >= 4 is 11.3 Å². The Labute approximate surface area is 104 Å². The van der Waals surface area contributed by atoms with Crippen LogP contribution in [0.3, 0.4) is 0 Å². The van der Waals surface area contributed by atoms with Gasteiger partial charge >= 0.3 is 0 Å². The second-order valence-corrected chi connectivity index (χ2v) is 6.05. The number of nitrogens with one attached hydrogen (secondary N) is 1. The number of hydrogen-bond donors (Lipinski definition) is 1. The molecule has 0 radical (unpaired) electrons. The van der Waals surface area contributed by atoms with Crippen LogP contribution >= 0.6 is 11.3 Å². The molecule has 0 bridgehead atoms. The first kappa shape index (κ1) is 13.7. The minimum Gasteiger partial charge on any atom is -0.313 e. The van der Waals surface area contributed by atoms with E-state index in [2.05, 4.69) is 45.3 Å². The van der Waals surface area contributed by atoms with Gasteiger partial charge in [-0.1, -0.05) is 34.6 Å². The van der Waals surface area contributed by atoms with Crippen LogP contribution in [0.25, 0.3) is 0 Å². The molecule has 0 unspecified atom stereocenters. The lowest BCUT2D eigenvalue weighted by molar-refractivity contribution is 0.630. The first-order chi connectivity index (χ1) is 7.56. The first-order valence-corrected chi connectivity index (χ1v) is 7.24. The highest BCUT2D eigenvalue weighted by Crippen LogP contribution is 2.31. The lowest BCUT2D eigenvalue weighted by atomic mass is 9.96. The summed E-state index contributed by atoms with van der Waals surface area (Å²) >= 11 is 1.94. The fourth-order valence-corrected chi connectivity index (χ4v) is 3.09. The van der Waals surface area contributed by atoms with Gasteiger partial charge in [0.25, 0.3) is 0 Å². The maximum absolute atomic E-state index is 3.44. The van der Waals surface area contributed by atoms with Crippen LogP contribution < -0.4 is 5.32 Å². The Morgan fingerprint density at radius 2 is 1.94 bits per heavy atom. The zero-order valence-electron chi connectivity index (χ0n) is 11.3. The monoisotopic (exact) mass is 239 g/mol. The maximum Gasteiger partial charge on any atom is 0.0216 e. The molecule has 0 aliphatic heterocycles. The van der Waals surface area contributed by atoms with Gasteiger partial charge in [-0.25, -0.2) is 0 Å². The molecule has 1 nitrogen and oxygen atoms in total. The van der Waals surface area contributed by atoms with Crippen molar-refractivity contribution in [1.82, 2.24) is 5.32 Å².